The number of hydrogen-bond donors (Lipinski definition) is 2. The maximum absolute atomic E-state index is 12.4. The van der Waals surface area contributed by atoms with E-state index in [1.807, 2.05) is 36.4 Å². The Hall–Kier alpha value is -4.18. The van der Waals surface area contributed by atoms with Gasteiger partial charge in [0.2, 0.25) is 11.9 Å². The maximum Gasteiger partial charge on any atom is 0.264 e. The average Bonchev–Trinajstić information content (AvgIpc) is 3.33. The number of amides is 1. The second-order valence-electron chi connectivity index (χ2n) is 7.24. The van der Waals surface area contributed by atoms with Crippen molar-refractivity contribution in [3.8, 4) is 17.1 Å². The van der Waals surface area contributed by atoms with Crippen molar-refractivity contribution in [2.75, 3.05) is 17.1 Å². The first-order chi connectivity index (χ1) is 16.4. The van der Waals surface area contributed by atoms with E-state index in [9.17, 15) is 13.2 Å². The Labute approximate surface area is 196 Å². The van der Waals surface area contributed by atoms with Crippen LogP contribution in [0.1, 0.15) is 12.2 Å². The van der Waals surface area contributed by atoms with Gasteiger partial charge in [0.05, 0.1) is 12.0 Å². The minimum Gasteiger partial charge on any atom is -0.497 e. The van der Waals surface area contributed by atoms with Gasteiger partial charge in [0.15, 0.2) is 0 Å². The number of aromatic nitrogens is 2. The number of anilines is 2. The fourth-order valence-electron chi connectivity index (χ4n) is 3.13. The molecule has 0 aliphatic carbocycles. The van der Waals surface area contributed by atoms with Gasteiger partial charge >= 0.3 is 0 Å². The molecule has 2 N–H and O–H groups in total. The Bertz CT molecular complexity index is 1350. The van der Waals surface area contributed by atoms with Crippen molar-refractivity contribution in [1.29, 1.82) is 0 Å². The van der Waals surface area contributed by atoms with Crippen LogP contribution >= 0.6 is 0 Å². The van der Waals surface area contributed by atoms with E-state index in [1.54, 1.807) is 13.2 Å². The van der Waals surface area contributed by atoms with Gasteiger partial charge in [-0.1, -0.05) is 0 Å². The van der Waals surface area contributed by atoms with Crippen LogP contribution in [0.15, 0.2) is 88.4 Å². The van der Waals surface area contributed by atoms with E-state index in [0.29, 0.717) is 23.6 Å². The van der Waals surface area contributed by atoms with Crippen LogP contribution in [0.25, 0.3) is 11.3 Å². The van der Waals surface area contributed by atoms with E-state index in [-0.39, 0.29) is 23.2 Å². The van der Waals surface area contributed by atoms with Crippen molar-refractivity contribution in [3.05, 3.63) is 84.9 Å². The third-order valence-electron chi connectivity index (χ3n) is 4.87. The van der Waals surface area contributed by atoms with Crippen molar-refractivity contribution in [3.63, 3.8) is 0 Å². The van der Waals surface area contributed by atoms with Gasteiger partial charge in [-0.2, -0.15) is 0 Å². The monoisotopic (exact) mass is 478 g/mol. The van der Waals surface area contributed by atoms with E-state index in [1.165, 1.54) is 36.7 Å². The van der Waals surface area contributed by atoms with Gasteiger partial charge in [0, 0.05) is 36.5 Å². The van der Waals surface area contributed by atoms with E-state index in [2.05, 4.69) is 20.0 Å². The zero-order chi connectivity index (χ0) is 24.0. The number of carbonyl (C=O) groups is 1. The molecule has 0 saturated heterocycles. The lowest BCUT2D eigenvalue weighted by atomic mass is 10.2. The van der Waals surface area contributed by atoms with Crippen molar-refractivity contribution >= 4 is 27.6 Å². The molecule has 1 amide bonds. The highest BCUT2D eigenvalue weighted by Crippen LogP contribution is 2.25. The maximum atomic E-state index is 12.4. The molecular formula is C24H22N4O5S. The van der Waals surface area contributed by atoms with Crippen LogP contribution in [-0.4, -0.2) is 31.4 Å². The Morgan fingerprint density at radius 1 is 0.971 bits per heavy atom. The molecule has 0 saturated carbocycles. The minimum atomic E-state index is -3.84. The molecule has 0 fully saturated rings. The summed E-state index contributed by atoms with van der Waals surface area (Å²) in [5.74, 6) is 1.93. The molecule has 2 aromatic heterocycles. The van der Waals surface area contributed by atoms with Crippen LogP contribution in [-0.2, 0) is 21.2 Å². The number of ether oxygens (including phenoxy) is 1. The van der Waals surface area contributed by atoms with Crippen molar-refractivity contribution < 1.29 is 22.4 Å². The standard InChI is InChI=1S/C24H22N4O5S/c1-32-19-7-3-17(4-8-19)22-13-9-20(33-22)10-14-23(29)27-18-5-11-21(12-6-18)34(30,31)28-24-25-15-2-16-26-24/h2-9,11-13,15-16H,10,14H2,1H3,(H,27,29)(H,25,26,28). The summed E-state index contributed by atoms with van der Waals surface area (Å²) >= 11 is 0. The highest BCUT2D eigenvalue weighted by molar-refractivity contribution is 7.92. The topological polar surface area (TPSA) is 123 Å². The van der Waals surface area contributed by atoms with Gasteiger partial charge in [-0.3, -0.25) is 4.79 Å². The first-order valence-electron chi connectivity index (χ1n) is 10.4. The summed E-state index contributed by atoms with van der Waals surface area (Å²) in [4.78, 5) is 20.1. The van der Waals surface area contributed by atoms with Crippen molar-refractivity contribution in [2.45, 2.75) is 17.7 Å². The highest BCUT2D eigenvalue weighted by atomic mass is 32.2. The van der Waals surface area contributed by atoms with Gasteiger partial charge in [-0.25, -0.2) is 23.1 Å². The van der Waals surface area contributed by atoms with Gasteiger partial charge in [-0.15, -0.1) is 0 Å². The molecule has 174 valence electrons. The number of benzene rings is 2. The minimum absolute atomic E-state index is 0.0204. The summed E-state index contributed by atoms with van der Waals surface area (Å²) in [6.45, 7) is 0. The second-order valence-corrected chi connectivity index (χ2v) is 8.93. The summed E-state index contributed by atoms with van der Waals surface area (Å²) in [6, 6.07) is 18.6. The van der Waals surface area contributed by atoms with Gasteiger partial charge in [0.25, 0.3) is 10.0 Å². The Morgan fingerprint density at radius 2 is 1.68 bits per heavy atom. The largest absolute Gasteiger partial charge is 0.497 e. The van der Waals surface area contributed by atoms with Crippen LogP contribution < -0.4 is 14.8 Å². The van der Waals surface area contributed by atoms with Gasteiger partial charge in [0.1, 0.15) is 17.3 Å². The Kier molecular flexibility index (Phi) is 6.88. The molecular weight excluding hydrogens is 456 g/mol. The Balaban J connectivity index is 1.31. The summed E-state index contributed by atoms with van der Waals surface area (Å²) in [6.07, 6.45) is 3.51. The van der Waals surface area contributed by atoms with Crippen LogP contribution in [0.3, 0.4) is 0 Å². The number of furan rings is 1. The highest BCUT2D eigenvalue weighted by Gasteiger charge is 2.16. The molecule has 2 aromatic carbocycles. The fraction of sp³-hybridized carbons (Fsp3) is 0.125. The lowest BCUT2D eigenvalue weighted by molar-refractivity contribution is -0.116. The smallest absolute Gasteiger partial charge is 0.264 e. The molecule has 0 unspecified atom stereocenters. The lowest BCUT2D eigenvalue weighted by Gasteiger charge is -2.08. The van der Waals surface area contributed by atoms with Crippen molar-refractivity contribution in [1.82, 2.24) is 9.97 Å². The molecule has 4 rings (SSSR count). The number of sulfonamides is 1. The predicted molar refractivity (Wildman–Crippen MR) is 127 cm³/mol. The first-order valence-corrected chi connectivity index (χ1v) is 11.8. The molecule has 34 heavy (non-hydrogen) atoms. The first kappa shape index (κ1) is 23.0. The lowest BCUT2D eigenvalue weighted by Crippen LogP contribution is -2.15. The molecule has 0 radical (unpaired) electrons. The third kappa shape index (κ3) is 5.78. The quantitative estimate of drug-likeness (QED) is 0.371. The molecule has 4 aromatic rings. The fourth-order valence-corrected chi connectivity index (χ4v) is 4.09. The normalized spacial score (nSPS) is 11.1. The Morgan fingerprint density at radius 3 is 2.35 bits per heavy atom. The SMILES string of the molecule is COc1ccc(-c2ccc(CCC(=O)Nc3ccc(S(=O)(=O)Nc4ncccn4)cc3)o2)cc1. The van der Waals surface area contributed by atoms with Crippen LogP contribution in [0, 0.1) is 0 Å². The zero-order valence-electron chi connectivity index (χ0n) is 18.3. The summed E-state index contributed by atoms with van der Waals surface area (Å²) in [5.41, 5.74) is 1.40. The van der Waals surface area contributed by atoms with E-state index < -0.39 is 10.0 Å². The summed E-state index contributed by atoms with van der Waals surface area (Å²) in [5, 5.41) is 2.76. The van der Waals surface area contributed by atoms with Crippen LogP contribution in [0.4, 0.5) is 11.6 Å². The van der Waals surface area contributed by atoms with Gasteiger partial charge < -0.3 is 14.5 Å². The predicted octanol–water partition coefficient (Wildman–Crippen LogP) is 4.12. The number of nitrogens with zero attached hydrogens (tertiary/aromatic N) is 2. The molecule has 9 nitrogen and oxygen atoms in total. The number of rotatable bonds is 9. The second kappa shape index (κ2) is 10.2. The van der Waals surface area contributed by atoms with E-state index >= 15 is 0 Å². The molecule has 0 spiro atoms. The van der Waals surface area contributed by atoms with Crippen LogP contribution in [0.5, 0.6) is 5.75 Å². The molecule has 0 aliphatic rings. The molecule has 0 aliphatic heterocycles. The number of nitrogens with one attached hydrogen (secondary N) is 2. The summed E-state index contributed by atoms with van der Waals surface area (Å²) in [7, 11) is -2.23. The number of carbonyl (C=O) groups excluding carboxylic acids is 1. The average molecular weight is 479 g/mol. The third-order valence-corrected chi connectivity index (χ3v) is 6.22. The van der Waals surface area contributed by atoms with Crippen LogP contribution in [0.2, 0.25) is 0 Å². The van der Waals surface area contributed by atoms with E-state index in [0.717, 1.165) is 11.3 Å². The molecule has 0 atom stereocenters. The number of hydrogen-bond acceptors (Lipinski definition) is 7. The number of methoxy groups -OCH3 is 1. The molecule has 0 bridgehead atoms. The van der Waals surface area contributed by atoms with Crippen molar-refractivity contribution in [2.24, 2.45) is 0 Å². The summed E-state index contributed by atoms with van der Waals surface area (Å²) < 4.78 is 38.2. The van der Waals surface area contributed by atoms with E-state index in [4.69, 9.17) is 9.15 Å². The number of aryl methyl sites for hydroxylation is 1. The molecule has 10 heteroatoms. The zero-order valence-corrected chi connectivity index (χ0v) is 19.1. The molecule has 2 heterocycles. The van der Waals surface area contributed by atoms with Gasteiger partial charge in [-0.05, 0) is 66.7 Å².